The fourth-order valence-corrected chi connectivity index (χ4v) is 3.19. The second-order valence-electron chi connectivity index (χ2n) is 5.65. The van der Waals surface area contributed by atoms with Gasteiger partial charge in [0.15, 0.2) is 0 Å². The number of carbonyl (C=O) groups is 1. The summed E-state index contributed by atoms with van der Waals surface area (Å²) in [5, 5.41) is 0. The van der Waals surface area contributed by atoms with Gasteiger partial charge in [0.1, 0.15) is 31.5 Å². The van der Waals surface area contributed by atoms with Crippen LogP contribution in [-0.2, 0) is 25.6 Å². The molecule has 2 aliphatic heterocycles. The van der Waals surface area contributed by atoms with Gasteiger partial charge in [-0.1, -0.05) is 30.3 Å². The van der Waals surface area contributed by atoms with E-state index in [0.29, 0.717) is 0 Å². The zero-order valence-corrected chi connectivity index (χ0v) is 13.1. The molecule has 1 aromatic carbocycles. The van der Waals surface area contributed by atoms with Gasteiger partial charge in [0, 0.05) is 14.2 Å². The minimum absolute atomic E-state index is 0.0677. The number of likely N-dealkylation sites (tertiary alicyclic amines) is 1. The van der Waals surface area contributed by atoms with Crippen molar-refractivity contribution >= 4 is 6.09 Å². The van der Waals surface area contributed by atoms with Crippen molar-refractivity contribution in [2.75, 3.05) is 27.4 Å². The predicted molar refractivity (Wildman–Crippen MR) is 78.5 cm³/mol. The Hall–Kier alpha value is -1.70. The fourth-order valence-electron chi connectivity index (χ4n) is 3.19. The number of alkyl halides is 1. The van der Waals surface area contributed by atoms with Gasteiger partial charge in [-0.2, -0.15) is 0 Å². The molecule has 1 amide bonds. The lowest BCUT2D eigenvalue weighted by Gasteiger charge is -2.35. The van der Waals surface area contributed by atoms with Crippen molar-refractivity contribution in [3.8, 4) is 0 Å². The van der Waals surface area contributed by atoms with Crippen LogP contribution in [0.4, 0.5) is 9.18 Å². The third-order valence-electron chi connectivity index (χ3n) is 4.43. The lowest BCUT2D eigenvalue weighted by Crippen LogP contribution is -2.55. The smallest absolute Gasteiger partial charge is 0.410 e. The maximum atomic E-state index is 14.2. The second kappa shape index (κ2) is 6.43. The molecule has 23 heavy (non-hydrogen) atoms. The Balaban J connectivity index is 1.72. The molecule has 0 bridgehead atoms. The molecule has 126 valence electrons. The molecule has 0 radical (unpaired) electrons. The summed E-state index contributed by atoms with van der Waals surface area (Å²) in [6.45, 7) is 0.0912. The lowest BCUT2D eigenvalue weighted by molar-refractivity contribution is -0.224. The van der Waals surface area contributed by atoms with Gasteiger partial charge in [-0.25, -0.2) is 9.18 Å². The average Bonchev–Trinajstić information content (AvgIpc) is 3.13. The molecule has 2 heterocycles. The highest BCUT2D eigenvalue weighted by Gasteiger charge is 2.62. The first kappa shape index (κ1) is 16.2. The molecule has 2 aliphatic rings. The Morgan fingerprint density at radius 3 is 2.70 bits per heavy atom. The normalized spacial score (nSPS) is 28.7. The van der Waals surface area contributed by atoms with Crippen molar-refractivity contribution in [2.45, 2.75) is 30.7 Å². The molecular formula is C16H20FNO5. The monoisotopic (exact) mass is 325 g/mol. The number of nitrogens with zero attached hydrogens (tertiary/aromatic N) is 1. The maximum Gasteiger partial charge on any atom is 0.410 e. The predicted octanol–water partition coefficient (Wildman–Crippen LogP) is 1.73. The molecule has 0 spiro atoms. The van der Waals surface area contributed by atoms with Crippen LogP contribution >= 0.6 is 0 Å². The van der Waals surface area contributed by atoms with Crippen molar-refractivity contribution < 1.29 is 28.1 Å². The van der Waals surface area contributed by atoms with Crippen LogP contribution in [0.3, 0.4) is 0 Å². The maximum absolute atomic E-state index is 14.2. The molecule has 2 fully saturated rings. The van der Waals surface area contributed by atoms with Crippen molar-refractivity contribution in [3.63, 3.8) is 0 Å². The summed E-state index contributed by atoms with van der Waals surface area (Å²) in [4.78, 5) is 13.7. The number of fused-ring (bicyclic) bond motifs is 1. The third-order valence-corrected chi connectivity index (χ3v) is 4.43. The van der Waals surface area contributed by atoms with E-state index in [4.69, 9.17) is 18.9 Å². The SMILES string of the molecule is COC1(OC)CO[C@H]2[C@@H]1N(C(=O)OCc1ccccc1)C[C@@H]2F. The topological polar surface area (TPSA) is 57.2 Å². The first-order chi connectivity index (χ1) is 11.1. The quantitative estimate of drug-likeness (QED) is 0.789. The lowest BCUT2D eigenvalue weighted by atomic mass is 10.1. The van der Waals surface area contributed by atoms with Gasteiger partial charge in [-0.05, 0) is 5.56 Å². The van der Waals surface area contributed by atoms with Gasteiger partial charge in [0.05, 0.1) is 6.54 Å². The molecular weight excluding hydrogens is 305 g/mol. The fraction of sp³-hybridized carbons (Fsp3) is 0.562. The van der Waals surface area contributed by atoms with Crippen LogP contribution in [0, 0.1) is 0 Å². The van der Waals surface area contributed by atoms with E-state index in [1.165, 1.54) is 19.1 Å². The molecule has 2 saturated heterocycles. The highest BCUT2D eigenvalue weighted by atomic mass is 19.1. The number of halogens is 1. The molecule has 0 unspecified atom stereocenters. The zero-order valence-electron chi connectivity index (χ0n) is 13.1. The number of rotatable bonds is 4. The van der Waals surface area contributed by atoms with E-state index in [1.54, 1.807) is 0 Å². The van der Waals surface area contributed by atoms with Crippen molar-refractivity contribution in [1.29, 1.82) is 0 Å². The largest absolute Gasteiger partial charge is 0.445 e. The highest BCUT2D eigenvalue weighted by molar-refractivity contribution is 5.69. The molecule has 0 aliphatic carbocycles. The first-order valence-electron chi connectivity index (χ1n) is 7.44. The molecule has 3 atom stereocenters. The van der Waals surface area contributed by atoms with Gasteiger partial charge < -0.3 is 18.9 Å². The molecule has 6 nitrogen and oxygen atoms in total. The van der Waals surface area contributed by atoms with Gasteiger partial charge >= 0.3 is 6.09 Å². The van der Waals surface area contributed by atoms with Crippen LogP contribution in [0.2, 0.25) is 0 Å². The molecule has 1 aromatic rings. The molecule has 3 rings (SSSR count). The van der Waals surface area contributed by atoms with E-state index < -0.39 is 30.2 Å². The van der Waals surface area contributed by atoms with Crippen molar-refractivity contribution in [1.82, 2.24) is 4.90 Å². The minimum Gasteiger partial charge on any atom is -0.445 e. The molecule has 0 aromatic heterocycles. The summed E-state index contributed by atoms with van der Waals surface area (Å²) in [5.41, 5.74) is 0.862. The summed E-state index contributed by atoms with van der Waals surface area (Å²) in [6.07, 6.45) is -2.66. The molecule has 0 saturated carbocycles. The number of hydrogen-bond acceptors (Lipinski definition) is 5. The summed E-state index contributed by atoms with van der Waals surface area (Å²) >= 11 is 0. The Labute approximate surface area is 134 Å². The van der Waals surface area contributed by atoms with E-state index in [9.17, 15) is 9.18 Å². The number of ether oxygens (including phenoxy) is 4. The average molecular weight is 325 g/mol. The second-order valence-corrected chi connectivity index (χ2v) is 5.65. The highest BCUT2D eigenvalue weighted by Crippen LogP contribution is 2.40. The van der Waals surface area contributed by atoms with Gasteiger partial charge in [-0.3, -0.25) is 4.90 Å². The Morgan fingerprint density at radius 2 is 2.04 bits per heavy atom. The number of benzene rings is 1. The third kappa shape index (κ3) is 2.80. The molecule has 7 heteroatoms. The van der Waals surface area contributed by atoms with E-state index in [-0.39, 0.29) is 19.8 Å². The van der Waals surface area contributed by atoms with Crippen LogP contribution < -0.4 is 0 Å². The Bertz CT molecular complexity index is 551. The van der Waals surface area contributed by atoms with Crippen LogP contribution in [-0.4, -0.2) is 62.5 Å². The number of methoxy groups -OCH3 is 2. The minimum atomic E-state index is -1.29. The Morgan fingerprint density at radius 1 is 1.35 bits per heavy atom. The van der Waals surface area contributed by atoms with Crippen LogP contribution in [0.1, 0.15) is 5.56 Å². The standard InChI is InChI=1S/C16H20FNO5/c1-20-16(21-2)10-23-13-12(17)8-18(14(13)16)15(19)22-9-11-6-4-3-5-7-11/h3-7,12-14H,8-10H2,1-2H3/t12-,13+,14-/m0/s1. The number of amides is 1. The van der Waals surface area contributed by atoms with E-state index in [1.807, 2.05) is 30.3 Å². The Kier molecular flexibility index (Phi) is 4.52. The first-order valence-corrected chi connectivity index (χ1v) is 7.44. The van der Waals surface area contributed by atoms with Gasteiger partial charge in [-0.15, -0.1) is 0 Å². The van der Waals surface area contributed by atoms with Gasteiger partial charge in [0.2, 0.25) is 5.79 Å². The summed E-state index contributed by atoms with van der Waals surface area (Å²) in [5.74, 6) is -1.17. The van der Waals surface area contributed by atoms with Crippen LogP contribution in [0.25, 0.3) is 0 Å². The van der Waals surface area contributed by atoms with Gasteiger partial charge in [0.25, 0.3) is 0 Å². The van der Waals surface area contributed by atoms with Crippen molar-refractivity contribution in [3.05, 3.63) is 35.9 Å². The van der Waals surface area contributed by atoms with Crippen molar-refractivity contribution in [2.24, 2.45) is 0 Å². The number of hydrogen-bond donors (Lipinski definition) is 0. The van der Waals surface area contributed by atoms with E-state index >= 15 is 0 Å². The van der Waals surface area contributed by atoms with Crippen LogP contribution in [0.15, 0.2) is 30.3 Å². The summed E-state index contributed by atoms with van der Waals surface area (Å²) in [7, 11) is 2.91. The zero-order chi connectivity index (χ0) is 16.4. The van der Waals surface area contributed by atoms with Crippen LogP contribution in [0.5, 0.6) is 0 Å². The number of carbonyl (C=O) groups excluding carboxylic acids is 1. The molecule has 0 N–H and O–H groups in total. The summed E-state index contributed by atoms with van der Waals surface area (Å²) < 4.78 is 35.7. The summed E-state index contributed by atoms with van der Waals surface area (Å²) in [6, 6.07) is 8.63. The van der Waals surface area contributed by atoms with E-state index in [2.05, 4.69) is 0 Å². The van der Waals surface area contributed by atoms with E-state index in [0.717, 1.165) is 5.56 Å².